The standard InChI is InChI=1S/C22H21F6N3O2/c23-21(24,25)16-9-17(22(26,27)28)11-18(10-16)29-13-19(32)30-12-14-3-5-15(6-4-14)20(33)31-7-1-2-8-31/h3-6,9-11,29H,1-2,7-8,12-13H2,(H,30,32). The number of likely N-dealkylation sites (tertiary alicyclic amines) is 1. The van der Waals surface area contributed by atoms with Crippen molar-refractivity contribution in [2.24, 2.45) is 0 Å². The fourth-order valence-corrected chi connectivity index (χ4v) is 3.37. The zero-order valence-corrected chi connectivity index (χ0v) is 17.3. The third-order valence-electron chi connectivity index (χ3n) is 5.12. The lowest BCUT2D eigenvalue weighted by atomic mass is 10.1. The SMILES string of the molecule is O=C(CNc1cc(C(F)(F)F)cc(C(F)(F)F)c1)NCc1ccc(C(=O)N2CCCC2)cc1. The minimum absolute atomic E-state index is 0.0172. The maximum Gasteiger partial charge on any atom is 0.416 e. The summed E-state index contributed by atoms with van der Waals surface area (Å²) in [6, 6.07) is 7.66. The molecule has 0 saturated carbocycles. The molecule has 11 heteroatoms. The molecule has 0 unspecified atom stereocenters. The van der Waals surface area contributed by atoms with Gasteiger partial charge in [-0.25, -0.2) is 0 Å². The van der Waals surface area contributed by atoms with Crippen molar-refractivity contribution in [1.29, 1.82) is 0 Å². The van der Waals surface area contributed by atoms with Gasteiger partial charge in [-0.05, 0) is 48.7 Å². The van der Waals surface area contributed by atoms with Crippen molar-refractivity contribution in [3.63, 3.8) is 0 Å². The molecule has 0 aliphatic carbocycles. The van der Waals surface area contributed by atoms with E-state index in [4.69, 9.17) is 0 Å². The lowest BCUT2D eigenvalue weighted by Gasteiger charge is -2.16. The van der Waals surface area contributed by atoms with E-state index in [1.54, 1.807) is 29.2 Å². The summed E-state index contributed by atoms with van der Waals surface area (Å²) in [6.07, 6.45) is -7.99. The van der Waals surface area contributed by atoms with Crippen LogP contribution in [0.3, 0.4) is 0 Å². The Morgan fingerprint density at radius 1 is 0.848 bits per heavy atom. The molecule has 2 aromatic carbocycles. The van der Waals surface area contributed by atoms with Gasteiger partial charge in [-0.1, -0.05) is 12.1 Å². The lowest BCUT2D eigenvalue weighted by Crippen LogP contribution is -2.29. The first kappa shape index (κ1) is 24.4. The average molecular weight is 473 g/mol. The summed E-state index contributed by atoms with van der Waals surface area (Å²) in [5, 5.41) is 4.82. The van der Waals surface area contributed by atoms with Crippen LogP contribution in [0.4, 0.5) is 32.0 Å². The van der Waals surface area contributed by atoms with Crippen LogP contribution in [0.2, 0.25) is 0 Å². The highest BCUT2D eigenvalue weighted by Crippen LogP contribution is 2.37. The van der Waals surface area contributed by atoms with Gasteiger partial charge in [0, 0.05) is 30.9 Å². The Bertz CT molecular complexity index is 964. The van der Waals surface area contributed by atoms with Crippen LogP contribution in [-0.4, -0.2) is 36.3 Å². The smallest absolute Gasteiger partial charge is 0.376 e. The lowest BCUT2D eigenvalue weighted by molar-refractivity contribution is -0.143. The topological polar surface area (TPSA) is 61.4 Å². The molecule has 1 aliphatic heterocycles. The molecule has 5 nitrogen and oxygen atoms in total. The first-order valence-corrected chi connectivity index (χ1v) is 10.1. The summed E-state index contributed by atoms with van der Waals surface area (Å²) < 4.78 is 77.5. The number of nitrogens with zero attached hydrogens (tertiary/aromatic N) is 1. The van der Waals surface area contributed by atoms with Gasteiger partial charge in [0.15, 0.2) is 0 Å². The monoisotopic (exact) mass is 473 g/mol. The molecule has 1 saturated heterocycles. The summed E-state index contributed by atoms with van der Waals surface area (Å²) in [5.74, 6) is -0.690. The molecular weight excluding hydrogens is 452 g/mol. The second-order valence-corrected chi connectivity index (χ2v) is 7.62. The molecule has 0 bridgehead atoms. The van der Waals surface area contributed by atoms with Crippen molar-refractivity contribution in [2.45, 2.75) is 31.7 Å². The van der Waals surface area contributed by atoms with E-state index in [0.717, 1.165) is 25.9 Å². The molecule has 1 fully saturated rings. The van der Waals surface area contributed by atoms with Crippen LogP contribution in [-0.2, 0) is 23.7 Å². The van der Waals surface area contributed by atoms with E-state index in [1.165, 1.54) is 0 Å². The van der Waals surface area contributed by atoms with Gasteiger partial charge in [-0.3, -0.25) is 9.59 Å². The number of benzene rings is 2. The van der Waals surface area contributed by atoms with Gasteiger partial charge in [-0.15, -0.1) is 0 Å². The third-order valence-corrected chi connectivity index (χ3v) is 5.12. The minimum Gasteiger partial charge on any atom is -0.376 e. The van der Waals surface area contributed by atoms with E-state index in [0.29, 0.717) is 23.3 Å². The summed E-state index contributed by atoms with van der Waals surface area (Å²) in [7, 11) is 0. The van der Waals surface area contributed by atoms with Gasteiger partial charge >= 0.3 is 12.4 Å². The molecule has 2 N–H and O–H groups in total. The molecule has 178 valence electrons. The number of alkyl halides is 6. The summed E-state index contributed by atoms with van der Waals surface area (Å²) in [4.78, 5) is 26.1. The van der Waals surface area contributed by atoms with Gasteiger partial charge in [0.2, 0.25) is 5.91 Å². The van der Waals surface area contributed by atoms with Crippen molar-refractivity contribution in [3.8, 4) is 0 Å². The fourth-order valence-electron chi connectivity index (χ4n) is 3.37. The maximum atomic E-state index is 12.9. The van der Waals surface area contributed by atoms with Gasteiger partial charge in [0.25, 0.3) is 5.91 Å². The van der Waals surface area contributed by atoms with E-state index in [1.807, 2.05) is 0 Å². The van der Waals surface area contributed by atoms with Crippen molar-refractivity contribution >= 4 is 17.5 Å². The average Bonchev–Trinajstić information content (AvgIpc) is 3.29. The van der Waals surface area contributed by atoms with Crippen LogP contribution >= 0.6 is 0 Å². The Kier molecular flexibility index (Phi) is 7.19. The number of anilines is 1. The quantitative estimate of drug-likeness (QED) is 0.599. The van der Waals surface area contributed by atoms with Crippen LogP contribution in [0.15, 0.2) is 42.5 Å². The van der Waals surface area contributed by atoms with Gasteiger partial charge in [0.05, 0.1) is 17.7 Å². The highest BCUT2D eigenvalue weighted by atomic mass is 19.4. The van der Waals surface area contributed by atoms with Gasteiger partial charge < -0.3 is 15.5 Å². The zero-order chi connectivity index (χ0) is 24.2. The molecule has 2 amide bonds. The number of halogens is 6. The van der Waals surface area contributed by atoms with E-state index >= 15 is 0 Å². The Labute approximate surface area is 185 Å². The molecular formula is C22H21F6N3O2. The largest absolute Gasteiger partial charge is 0.416 e. The number of hydrogen-bond donors (Lipinski definition) is 2. The van der Waals surface area contributed by atoms with Gasteiger partial charge in [0.1, 0.15) is 0 Å². The second kappa shape index (κ2) is 9.72. The van der Waals surface area contributed by atoms with Gasteiger partial charge in [-0.2, -0.15) is 26.3 Å². The predicted octanol–water partition coefficient (Wildman–Crippen LogP) is 4.69. The zero-order valence-electron chi connectivity index (χ0n) is 17.3. The van der Waals surface area contributed by atoms with E-state index in [-0.39, 0.29) is 18.5 Å². The van der Waals surface area contributed by atoms with Crippen LogP contribution in [0.1, 0.15) is 39.9 Å². The molecule has 2 aromatic rings. The summed E-state index contributed by atoms with van der Waals surface area (Å²) >= 11 is 0. The molecule has 1 heterocycles. The third kappa shape index (κ3) is 6.62. The highest BCUT2D eigenvalue weighted by Gasteiger charge is 2.37. The van der Waals surface area contributed by atoms with Crippen LogP contribution in [0.5, 0.6) is 0 Å². The fraction of sp³-hybridized carbons (Fsp3) is 0.364. The number of amides is 2. The molecule has 0 aromatic heterocycles. The number of carbonyl (C=O) groups is 2. The second-order valence-electron chi connectivity index (χ2n) is 7.62. The Morgan fingerprint density at radius 2 is 1.39 bits per heavy atom. The first-order valence-electron chi connectivity index (χ1n) is 10.1. The normalized spacial score (nSPS) is 14.3. The molecule has 0 atom stereocenters. The molecule has 0 radical (unpaired) electrons. The van der Waals surface area contributed by atoms with E-state index < -0.39 is 41.6 Å². The Balaban J connectivity index is 1.55. The molecule has 1 aliphatic rings. The number of rotatable bonds is 6. The van der Waals surface area contributed by atoms with Crippen molar-refractivity contribution < 1.29 is 35.9 Å². The highest BCUT2D eigenvalue weighted by molar-refractivity contribution is 5.94. The molecule has 0 spiro atoms. The van der Waals surface area contributed by atoms with Crippen molar-refractivity contribution in [3.05, 3.63) is 64.7 Å². The molecule has 3 rings (SSSR count). The number of carbonyl (C=O) groups excluding carboxylic acids is 2. The molecule has 33 heavy (non-hydrogen) atoms. The number of hydrogen-bond acceptors (Lipinski definition) is 3. The predicted molar refractivity (Wildman–Crippen MR) is 108 cm³/mol. The van der Waals surface area contributed by atoms with Crippen molar-refractivity contribution in [1.82, 2.24) is 10.2 Å². The van der Waals surface area contributed by atoms with Crippen LogP contribution < -0.4 is 10.6 Å². The Hall–Kier alpha value is -3.24. The Morgan fingerprint density at radius 3 is 1.91 bits per heavy atom. The van der Waals surface area contributed by atoms with Crippen molar-refractivity contribution in [2.75, 3.05) is 25.0 Å². The summed E-state index contributed by atoms with van der Waals surface area (Å²) in [6.45, 7) is 0.999. The first-order chi connectivity index (χ1) is 15.4. The van der Waals surface area contributed by atoms with E-state index in [9.17, 15) is 35.9 Å². The van der Waals surface area contributed by atoms with Crippen LogP contribution in [0.25, 0.3) is 0 Å². The van der Waals surface area contributed by atoms with Crippen LogP contribution in [0, 0.1) is 0 Å². The number of nitrogens with one attached hydrogen (secondary N) is 2. The minimum atomic E-state index is -4.97. The maximum absolute atomic E-state index is 12.9. The summed E-state index contributed by atoms with van der Waals surface area (Å²) in [5.41, 5.74) is -2.21. The van der Waals surface area contributed by atoms with E-state index in [2.05, 4.69) is 10.6 Å².